The molecule has 5 heterocycles. The molecule has 2 aliphatic rings. The molecule has 5 rings (SSSR count). The molecule has 0 fully saturated rings. The number of fused-ring (bicyclic) bond motifs is 9. The molecule has 0 aromatic carbocycles. The molecule has 5 heteroatoms. The predicted molar refractivity (Wildman–Crippen MR) is 153 cm³/mol. The van der Waals surface area contributed by atoms with E-state index in [0.717, 1.165) is 70.5 Å². The molecule has 3 aromatic heterocycles. The van der Waals surface area contributed by atoms with Crippen molar-refractivity contribution in [2.75, 3.05) is 0 Å². The maximum atomic E-state index is 5.19. The van der Waals surface area contributed by atoms with Gasteiger partial charge in [-0.15, -0.1) is 22.1 Å². The van der Waals surface area contributed by atoms with Gasteiger partial charge in [0.05, 0.1) is 22.8 Å². The third-order valence-corrected chi connectivity index (χ3v) is 8.07. The van der Waals surface area contributed by atoms with Crippen LogP contribution in [0.25, 0.3) is 44.4 Å². The van der Waals surface area contributed by atoms with Gasteiger partial charge in [0, 0.05) is 0 Å². The monoisotopic (exact) mass is 532 g/mol. The number of hydrogen-bond acceptors (Lipinski definition) is 2. The summed E-state index contributed by atoms with van der Waals surface area (Å²) < 4.78 is 0. The quantitative estimate of drug-likeness (QED) is 0.320. The van der Waals surface area contributed by atoms with Gasteiger partial charge in [-0.05, 0) is 81.7 Å². The van der Waals surface area contributed by atoms with Gasteiger partial charge in [-0.25, -0.2) is 9.97 Å². The maximum absolute atomic E-state index is 5.19. The second-order valence-corrected chi connectivity index (χ2v) is 9.91. The van der Waals surface area contributed by atoms with Crippen molar-refractivity contribution < 1.29 is 17.1 Å². The fourth-order valence-corrected chi connectivity index (χ4v) is 5.87. The summed E-state index contributed by atoms with van der Waals surface area (Å²) in [6.45, 7) is 17.6. The molecule has 3 aromatic rings. The molecule has 0 saturated carbocycles. The summed E-state index contributed by atoms with van der Waals surface area (Å²) in [5.41, 5.74) is 18.2. The molecule has 0 saturated heterocycles. The fraction of sp³-hybridized carbons (Fsp3) is 0.375. The zero-order valence-corrected chi connectivity index (χ0v) is 24.4. The molecule has 0 amide bonds. The van der Waals surface area contributed by atoms with E-state index in [0.29, 0.717) is 0 Å². The van der Waals surface area contributed by atoms with Gasteiger partial charge in [-0.1, -0.05) is 68.1 Å². The van der Waals surface area contributed by atoms with E-state index < -0.39 is 0 Å². The van der Waals surface area contributed by atoms with Crippen LogP contribution in [-0.2, 0) is 29.9 Å². The van der Waals surface area contributed by atoms with E-state index in [-0.39, 0.29) is 17.1 Å². The van der Waals surface area contributed by atoms with E-state index >= 15 is 0 Å². The molecule has 4 nitrogen and oxygen atoms in total. The van der Waals surface area contributed by atoms with E-state index in [1.807, 2.05) is 0 Å². The van der Waals surface area contributed by atoms with Crippen molar-refractivity contribution in [2.24, 2.45) is 0 Å². The van der Waals surface area contributed by atoms with E-state index in [2.05, 4.69) is 79.7 Å². The summed E-state index contributed by atoms with van der Waals surface area (Å²) in [7, 11) is 0. The fourth-order valence-electron chi connectivity index (χ4n) is 5.87. The second kappa shape index (κ2) is 10.5. The molecule has 0 spiro atoms. The average molecular weight is 533 g/mol. The zero-order chi connectivity index (χ0) is 25.7. The predicted octanol–water partition coefficient (Wildman–Crippen LogP) is 7.99. The maximum Gasteiger partial charge on any atom is 2.00 e. The molecule has 0 N–H and O–H groups in total. The van der Waals surface area contributed by atoms with E-state index in [1.54, 1.807) is 0 Å². The van der Waals surface area contributed by atoms with Gasteiger partial charge < -0.3 is 9.97 Å². The van der Waals surface area contributed by atoms with Gasteiger partial charge in [0.1, 0.15) is 0 Å². The molecule has 8 bridgehead atoms. The second-order valence-electron chi connectivity index (χ2n) is 9.91. The van der Waals surface area contributed by atoms with E-state index in [9.17, 15) is 0 Å². The first-order valence-corrected chi connectivity index (χ1v) is 13.3. The Morgan fingerprint density at radius 2 is 1.22 bits per heavy atom. The number of nitrogens with zero attached hydrogens (tertiary/aromatic N) is 4. The Balaban J connectivity index is 0.00000320. The Kier molecular flexibility index (Phi) is 7.69. The van der Waals surface area contributed by atoms with Gasteiger partial charge in [-0.3, -0.25) is 0 Å². The van der Waals surface area contributed by atoms with E-state index in [1.165, 1.54) is 44.5 Å². The molecular weight excluding hydrogens is 496 g/mol. The van der Waals surface area contributed by atoms with Crippen LogP contribution >= 0.6 is 0 Å². The topological polar surface area (TPSA) is 54.0 Å². The molecule has 2 aliphatic heterocycles. The van der Waals surface area contributed by atoms with Gasteiger partial charge in [0.2, 0.25) is 0 Å². The molecule has 192 valence electrons. The Morgan fingerprint density at radius 1 is 0.595 bits per heavy atom. The van der Waals surface area contributed by atoms with Crippen LogP contribution < -0.4 is 9.97 Å². The summed E-state index contributed by atoms with van der Waals surface area (Å²) in [5.74, 6) is 0. The molecule has 37 heavy (non-hydrogen) atoms. The first kappa shape index (κ1) is 27.2. The summed E-state index contributed by atoms with van der Waals surface area (Å²) in [6, 6.07) is 8.63. The number of aryl methyl sites for hydroxylation is 4. The van der Waals surface area contributed by atoms with Crippen molar-refractivity contribution in [3.8, 4) is 0 Å². The molecule has 0 radical (unpaired) electrons. The number of aromatic nitrogens is 4. The van der Waals surface area contributed by atoms with Crippen LogP contribution in [0.1, 0.15) is 99.4 Å². The van der Waals surface area contributed by atoms with Gasteiger partial charge in [0.25, 0.3) is 0 Å². The molecular formula is C32H36FeN4. The van der Waals surface area contributed by atoms with Crippen LogP contribution in [-0.4, -0.2) is 9.97 Å². The number of allylic oxidation sites excluding steroid dienone is 4. The minimum Gasteiger partial charge on any atom is -0.657 e. The van der Waals surface area contributed by atoms with Crippen molar-refractivity contribution in [3.05, 3.63) is 69.3 Å². The molecule has 0 aliphatic carbocycles. The van der Waals surface area contributed by atoms with Crippen LogP contribution in [0.2, 0.25) is 0 Å². The van der Waals surface area contributed by atoms with Gasteiger partial charge >= 0.3 is 17.1 Å². The van der Waals surface area contributed by atoms with Crippen LogP contribution in [0.4, 0.5) is 0 Å². The Hall–Kier alpha value is -2.88. The normalized spacial score (nSPS) is 13.4. The van der Waals surface area contributed by atoms with Crippen molar-refractivity contribution >= 4 is 44.4 Å². The summed E-state index contributed by atoms with van der Waals surface area (Å²) in [4.78, 5) is 20.5. The average Bonchev–Trinajstić information content (AvgIpc) is 3.54. The van der Waals surface area contributed by atoms with Crippen molar-refractivity contribution in [1.82, 2.24) is 19.9 Å². The third kappa shape index (κ3) is 4.32. The van der Waals surface area contributed by atoms with E-state index in [4.69, 9.17) is 19.9 Å². The van der Waals surface area contributed by atoms with Crippen LogP contribution in [0.15, 0.2) is 24.3 Å². The largest absolute Gasteiger partial charge is 2.00 e. The minimum absolute atomic E-state index is 0. The molecule has 0 unspecified atom stereocenters. The summed E-state index contributed by atoms with van der Waals surface area (Å²) in [6.07, 6.45) is 3.73. The minimum atomic E-state index is 0. The first-order valence-electron chi connectivity index (χ1n) is 13.3. The third-order valence-electron chi connectivity index (χ3n) is 8.07. The molecule has 0 atom stereocenters. The van der Waals surface area contributed by atoms with Gasteiger partial charge in [0.15, 0.2) is 0 Å². The van der Waals surface area contributed by atoms with Crippen LogP contribution in [0.5, 0.6) is 0 Å². The standard InChI is InChI=1S/C32H36N4.Fe/c1-9-21-17(5)25-13-14-26-19(7)23(11-3)31(35-26)32-24(12-4)20(8)28(36-32)15-27-18(6)22(10-2)30(34-27)16-29(21)33-25;/h13-16H,9-12H2,1-8H3;/q-2;+2. The first-order chi connectivity index (χ1) is 17.3. The van der Waals surface area contributed by atoms with Crippen molar-refractivity contribution in [1.29, 1.82) is 0 Å². The summed E-state index contributed by atoms with van der Waals surface area (Å²) >= 11 is 0. The Labute approximate surface area is 231 Å². The van der Waals surface area contributed by atoms with Crippen molar-refractivity contribution in [3.63, 3.8) is 0 Å². The van der Waals surface area contributed by atoms with Crippen LogP contribution in [0, 0.1) is 13.8 Å². The van der Waals surface area contributed by atoms with Gasteiger partial charge in [-0.2, -0.15) is 0 Å². The van der Waals surface area contributed by atoms with Crippen LogP contribution in [0.3, 0.4) is 0 Å². The SMILES string of the molecule is CCC1=C(C)c2ccc3[n-]c(c4nc(cc5[n-]c(cc1n2)c(CC)c5C)C(C)=C4CC)c(CC)c3C.[Fe+2]. The zero-order valence-electron chi connectivity index (χ0n) is 23.3. The van der Waals surface area contributed by atoms with Crippen molar-refractivity contribution in [2.45, 2.75) is 81.1 Å². The Morgan fingerprint density at radius 3 is 1.86 bits per heavy atom. The summed E-state index contributed by atoms with van der Waals surface area (Å²) in [5, 5.41) is 0. The smallest absolute Gasteiger partial charge is 0.657 e. The number of rotatable bonds is 4. The Bertz CT molecular complexity index is 1610. The number of hydrogen-bond donors (Lipinski definition) is 0.